The third-order valence-electron chi connectivity index (χ3n) is 3.11. The lowest BCUT2D eigenvalue weighted by molar-refractivity contribution is 0.0421. The molecule has 1 aromatic carbocycles. The van der Waals surface area contributed by atoms with Crippen LogP contribution in [0, 0.1) is 5.82 Å². The van der Waals surface area contributed by atoms with Gasteiger partial charge in [-0.05, 0) is 36.4 Å². The summed E-state index contributed by atoms with van der Waals surface area (Å²) < 4.78 is 28.6. The van der Waals surface area contributed by atoms with Crippen LogP contribution in [0.5, 0.6) is 5.75 Å². The van der Waals surface area contributed by atoms with Crippen molar-refractivity contribution < 1.29 is 23.1 Å². The van der Waals surface area contributed by atoms with Crippen molar-refractivity contribution in [2.24, 2.45) is 0 Å². The van der Waals surface area contributed by atoms with Gasteiger partial charge in [-0.25, -0.2) is 9.18 Å². The highest BCUT2D eigenvalue weighted by Gasteiger charge is 2.14. The second-order valence-corrected chi connectivity index (χ2v) is 5.05. The highest BCUT2D eigenvalue weighted by atomic mass is 19.1. The number of hydrogen-bond donors (Lipinski definition) is 2. The van der Waals surface area contributed by atoms with Crippen molar-refractivity contribution in [3.05, 3.63) is 59.6 Å². The molecule has 0 amide bonds. The maximum atomic E-state index is 12.8. The summed E-state index contributed by atoms with van der Waals surface area (Å²) in [4.78, 5) is 23.2. The van der Waals surface area contributed by atoms with Crippen molar-refractivity contribution >= 4 is 17.9 Å². The van der Waals surface area contributed by atoms with Crippen LogP contribution in [0.3, 0.4) is 0 Å². The summed E-state index contributed by atoms with van der Waals surface area (Å²) in [5.74, 6) is -0.236. The molecule has 0 bridgehead atoms. The van der Waals surface area contributed by atoms with Gasteiger partial charge in [0, 0.05) is 0 Å². The van der Waals surface area contributed by atoms with E-state index in [0.29, 0.717) is 11.5 Å². The fourth-order valence-corrected chi connectivity index (χ4v) is 1.97. The van der Waals surface area contributed by atoms with Crippen molar-refractivity contribution in [1.82, 2.24) is 15.0 Å². The number of anilines is 2. The lowest BCUT2D eigenvalue weighted by Gasteiger charge is -2.04. The van der Waals surface area contributed by atoms with Gasteiger partial charge in [0.2, 0.25) is 17.7 Å². The predicted molar refractivity (Wildman–Crippen MR) is 87.2 cm³/mol. The second kappa shape index (κ2) is 7.47. The Morgan fingerprint density at radius 2 is 1.69 bits per heavy atom. The number of nitrogen functional groups attached to an aromatic ring is 2. The molecule has 134 valence electrons. The van der Waals surface area contributed by atoms with E-state index in [9.17, 15) is 9.18 Å². The number of aromatic nitrogens is 3. The summed E-state index contributed by atoms with van der Waals surface area (Å²) in [5, 5.41) is 0. The van der Waals surface area contributed by atoms with E-state index in [2.05, 4.69) is 15.0 Å². The third-order valence-corrected chi connectivity index (χ3v) is 3.11. The van der Waals surface area contributed by atoms with Gasteiger partial charge in [0.15, 0.2) is 12.4 Å². The molecule has 0 aliphatic rings. The summed E-state index contributed by atoms with van der Waals surface area (Å²) in [6, 6.07) is 8.54. The Morgan fingerprint density at radius 1 is 1.00 bits per heavy atom. The summed E-state index contributed by atoms with van der Waals surface area (Å²) >= 11 is 0. The highest BCUT2D eigenvalue weighted by Crippen LogP contribution is 2.16. The smallest absolute Gasteiger partial charge is 0.374 e. The molecular formula is C16H14FN5O4. The molecule has 10 heteroatoms. The Hall–Kier alpha value is -3.69. The molecule has 0 saturated heterocycles. The third kappa shape index (κ3) is 4.44. The number of halogens is 1. The molecular weight excluding hydrogens is 345 g/mol. The second-order valence-electron chi connectivity index (χ2n) is 5.05. The van der Waals surface area contributed by atoms with Crippen LogP contribution in [0.25, 0.3) is 0 Å². The van der Waals surface area contributed by atoms with Crippen LogP contribution in [0.15, 0.2) is 40.8 Å². The molecule has 0 aliphatic carbocycles. The monoisotopic (exact) mass is 359 g/mol. The zero-order valence-corrected chi connectivity index (χ0v) is 13.4. The van der Waals surface area contributed by atoms with E-state index >= 15 is 0 Å². The first-order chi connectivity index (χ1) is 12.5. The molecule has 3 aromatic rings. The molecule has 0 aliphatic heterocycles. The zero-order valence-electron chi connectivity index (χ0n) is 13.4. The van der Waals surface area contributed by atoms with Gasteiger partial charge in [0.05, 0.1) is 0 Å². The van der Waals surface area contributed by atoms with Crippen LogP contribution >= 0.6 is 0 Å². The van der Waals surface area contributed by atoms with Gasteiger partial charge in [0.25, 0.3) is 0 Å². The van der Waals surface area contributed by atoms with Crippen LogP contribution in [0.1, 0.15) is 22.1 Å². The quantitative estimate of drug-likeness (QED) is 0.629. The first kappa shape index (κ1) is 17.1. The van der Waals surface area contributed by atoms with E-state index in [1.807, 2.05) is 0 Å². The first-order valence-electron chi connectivity index (χ1n) is 7.40. The number of carbonyl (C=O) groups is 1. The van der Waals surface area contributed by atoms with E-state index < -0.39 is 5.97 Å². The molecule has 0 radical (unpaired) electrons. The van der Waals surface area contributed by atoms with Crippen molar-refractivity contribution in [3.63, 3.8) is 0 Å². The molecule has 4 N–H and O–H groups in total. The average molecular weight is 359 g/mol. The van der Waals surface area contributed by atoms with Crippen molar-refractivity contribution in [2.75, 3.05) is 11.5 Å². The Kier molecular flexibility index (Phi) is 4.92. The van der Waals surface area contributed by atoms with Gasteiger partial charge in [-0.15, -0.1) is 0 Å². The molecule has 2 heterocycles. The number of nitrogens with zero attached hydrogens (tertiary/aromatic N) is 3. The SMILES string of the molecule is Nc1nc(N)nc(COC(=O)c2ccc(COc3ccc(F)cc3)o2)n1. The van der Waals surface area contributed by atoms with E-state index in [1.165, 1.54) is 30.3 Å². The maximum absolute atomic E-state index is 12.8. The Morgan fingerprint density at radius 3 is 2.38 bits per heavy atom. The van der Waals surface area contributed by atoms with Gasteiger partial charge < -0.3 is 25.4 Å². The number of ether oxygens (including phenoxy) is 2. The Bertz CT molecular complexity index is 893. The minimum atomic E-state index is -0.712. The molecule has 0 atom stereocenters. The first-order valence-corrected chi connectivity index (χ1v) is 7.40. The van der Waals surface area contributed by atoms with Crippen LogP contribution in [0.4, 0.5) is 16.3 Å². The van der Waals surface area contributed by atoms with E-state index in [0.717, 1.165) is 0 Å². The van der Waals surface area contributed by atoms with Crippen molar-refractivity contribution in [2.45, 2.75) is 13.2 Å². The van der Waals surface area contributed by atoms with Crippen molar-refractivity contribution in [1.29, 1.82) is 0 Å². The van der Waals surface area contributed by atoms with Gasteiger partial charge in [0.1, 0.15) is 23.9 Å². The maximum Gasteiger partial charge on any atom is 0.374 e. The lowest BCUT2D eigenvalue weighted by atomic mass is 10.3. The minimum Gasteiger partial charge on any atom is -0.486 e. The number of benzene rings is 1. The molecule has 2 aromatic heterocycles. The number of rotatable bonds is 6. The van der Waals surface area contributed by atoms with Crippen LogP contribution < -0.4 is 16.2 Å². The Labute approximate surface area is 146 Å². The van der Waals surface area contributed by atoms with Gasteiger partial charge in [-0.3, -0.25) is 0 Å². The summed E-state index contributed by atoms with van der Waals surface area (Å²) in [6.45, 7) is -0.169. The molecule has 9 nitrogen and oxygen atoms in total. The number of nitrogens with two attached hydrogens (primary N) is 2. The summed E-state index contributed by atoms with van der Waals surface area (Å²) in [6.07, 6.45) is 0. The zero-order chi connectivity index (χ0) is 18.5. The fourth-order valence-electron chi connectivity index (χ4n) is 1.97. The van der Waals surface area contributed by atoms with Crippen LogP contribution in [-0.2, 0) is 18.0 Å². The van der Waals surface area contributed by atoms with Gasteiger partial charge in [-0.2, -0.15) is 15.0 Å². The van der Waals surface area contributed by atoms with Crippen molar-refractivity contribution in [3.8, 4) is 5.75 Å². The predicted octanol–water partition coefficient (Wildman–Crippen LogP) is 1.70. The summed E-state index contributed by atoms with van der Waals surface area (Å²) in [5.41, 5.74) is 10.9. The lowest BCUT2D eigenvalue weighted by Crippen LogP contribution is -2.10. The van der Waals surface area contributed by atoms with E-state index in [4.69, 9.17) is 25.4 Å². The van der Waals surface area contributed by atoms with E-state index in [-0.39, 0.29) is 42.5 Å². The Balaban J connectivity index is 1.54. The minimum absolute atomic E-state index is 0.0160. The molecule has 0 saturated carbocycles. The summed E-state index contributed by atoms with van der Waals surface area (Å²) in [7, 11) is 0. The molecule has 0 unspecified atom stereocenters. The number of carbonyl (C=O) groups excluding carboxylic acids is 1. The largest absolute Gasteiger partial charge is 0.486 e. The number of esters is 1. The highest BCUT2D eigenvalue weighted by molar-refractivity contribution is 5.86. The molecule has 0 fully saturated rings. The fraction of sp³-hybridized carbons (Fsp3) is 0.125. The molecule has 0 spiro atoms. The van der Waals surface area contributed by atoms with E-state index in [1.54, 1.807) is 6.07 Å². The standard InChI is InChI=1S/C16H14FN5O4/c17-9-1-3-10(4-2-9)24-7-11-5-6-12(26-11)14(23)25-8-13-20-15(18)22-16(19)21-13/h1-6H,7-8H2,(H4,18,19,20,21,22). The molecule has 26 heavy (non-hydrogen) atoms. The van der Waals surface area contributed by atoms with Crippen LogP contribution in [-0.4, -0.2) is 20.9 Å². The van der Waals surface area contributed by atoms with Crippen LogP contribution in [0.2, 0.25) is 0 Å². The normalized spacial score (nSPS) is 10.5. The average Bonchev–Trinajstić information content (AvgIpc) is 3.07. The molecule has 3 rings (SSSR count). The number of hydrogen-bond acceptors (Lipinski definition) is 9. The topological polar surface area (TPSA) is 139 Å². The van der Waals surface area contributed by atoms with Gasteiger partial charge in [-0.1, -0.05) is 0 Å². The number of furan rings is 1. The van der Waals surface area contributed by atoms with Gasteiger partial charge >= 0.3 is 5.97 Å².